The highest BCUT2D eigenvalue weighted by Crippen LogP contribution is 2.19. The third-order valence-corrected chi connectivity index (χ3v) is 4.17. The van der Waals surface area contributed by atoms with Crippen LogP contribution in [-0.2, 0) is 6.54 Å². The van der Waals surface area contributed by atoms with Crippen LogP contribution in [0.15, 0.2) is 54.6 Å². The molecule has 2 amide bonds. The van der Waals surface area contributed by atoms with E-state index in [1.54, 1.807) is 12.1 Å². The second kappa shape index (κ2) is 8.62. The highest BCUT2D eigenvalue weighted by atomic mass is 19.3. The van der Waals surface area contributed by atoms with Gasteiger partial charge >= 0.3 is 12.6 Å². The lowest BCUT2D eigenvalue weighted by Gasteiger charge is -2.17. The van der Waals surface area contributed by atoms with E-state index in [9.17, 15) is 13.6 Å². The molecule has 1 saturated heterocycles. The van der Waals surface area contributed by atoms with Crippen LogP contribution in [0.4, 0.5) is 19.3 Å². The summed E-state index contributed by atoms with van der Waals surface area (Å²) in [5.74, 6) is 0.00713. The summed E-state index contributed by atoms with van der Waals surface area (Å²) < 4.78 is 28.8. The predicted octanol–water partition coefficient (Wildman–Crippen LogP) is 3.68. The number of urea groups is 1. The van der Waals surface area contributed by atoms with Crippen LogP contribution >= 0.6 is 0 Å². The van der Waals surface area contributed by atoms with Crippen LogP contribution in [0.3, 0.4) is 0 Å². The Morgan fingerprint density at radius 2 is 2.00 bits per heavy atom. The van der Waals surface area contributed by atoms with Crippen LogP contribution in [0, 0.1) is 0 Å². The number of benzene rings is 2. The number of likely N-dealkylation sites (tertiary alicyclic amines) is 1. The summed E-state index contributed by atoms with van der Waals surface area (Å²) in [6, 6.07) is 15.8. The molecule has 3 rings (SSSR count). The molecule has 0 aliphatic carbocycles. The van der Waals surface area contributed by atoms with E-state index in [1.807, 2.05) is 18.2 Å². The van der Waals surface area contributed by atoms with Gasteiger partial charge in [-0.05, 0) is 24.1 Å². The first-order valence-corrected chi connectivity index (χ1v) is 8.47. The molecule has 1 aliphatic heterocycles. The summed E-state index contributed by atoms with van der Waals surface area (Å²) in [4.78, 5) is 14.4. The van der Waals surface area contributed by atoms with Crippen molar-refractivity contribution < 1.29 is 18.3 Å². The smallest absolute Gasteiger partial charge is 0.387 e. The van der Waals surface area contributed by atoms with Gasteiger partial charge in [0.15, 0.2) is 0 Å². The zero-order valence-electron chi connectivity index (χ0n) is 14.2. The maximum atomic E-state index is 12.3. The van der Waals surface area contributed by atoms with E-state index >= 15 is 0 Å². The summed E-state index contributed by atoms with van der Waals surface area (Å²) in [6.07, 6.45) is 0.870. The van der Waals surface area contributed by atoms with Gasteiger partial charge in [-0.25, -0.2) is 4.79 Å². The first kappa shape index (κ1) is 18.1. The Labute approximate surface area is 151 Å². The first-order chi connectivity index (χ1) is 12.6. The number of halogens is 2. The van der Waals surface area contributed by atoms with Gasteiger partial charge in [0, 0.05) is 37.4 Å². The molecule has 0 spiro atoms. The lowest BCUT2D eigenvalue weighted by molar-refractivity contribution is -0.0497. The molecular formula is C19H21F2N3O2. The van der Waals surface area contributed by atoms with Crippen molar-refractivity contribution in [3.05, 3.63) is 60.2 Å². The van der Waals surface area contributed by atoms with E-state index in [1.165, 1.54) is 17.7 Å². The second-order valence-electron chi connectivity index (χ2n) is 6.21. The number of amides is 2. The van der Waals surface area contributed by atoms with Gasteiger partial charge < -0.3 is 15.4 Å². The summed E-state index contributed by atoms with van der Waals surface area (Å²) in [6.45, 7) is -0.352. The Bertz CT molecular complexity index is 728. The van der Waals surface area contributed by atoms with Gasteiger partial charge in [-0.3, -0.25) is 4.90 Å². The van der Waals surface area contributed by atoms with Crippen molar-refractivity contribution in [1.29, 1.82) is 0 Å². The molecule has 138 valence electrons. The summed E-state index contributed by atoms with van der Waals surface area (Å²) in [5, 5.41) is 5.58. The van der Waals surface area contributed by atoms with Crippen molar-refractivity contribution in [3.63, 3.8) is 0 Å². The number of rotatable bonds is 6. The summed E-state index contributed by atoms with van der Waals surface area (Å²) in [7, 11) is 0. The maximum absolute atomic E-state index is 12.3. The molecule has 1 atom stereocenters. The van der Waals surface area contributed by atoms with E-state index in [2.05, 4.69) is 32.4 Å². The number of hydrogen-bond donors (Lipinski definition) is 2. The number of nitrogens with one attached hydrogen (secondary N) is 2. The van der Waals surface area contributed by atoms with Crippen molar-refractivity contribution in [2.24, 2.45) is 0 Å². The average molecular weight is 361 g/mol. The molecule has 2 N–H and O–H groups in total. The Balaban J connectivity index is 1.47. The fourth-order valence-corrected chi connectivity index (χ4v) is 3.04. The molecule has 2 aromatic rings. The topological polar surface area (TPSA) is 53.6 Å². The van der Waals surface area contributed by atoms with Crippen LogP contribution in [0.2, 0.25) is 0 Å². The number of alkyl halides is 2. The summed E-state index contributed by atoms with van der Waals surface area (Å²) in [5.41, 5.74) is 1.65. The maximum Gasteiger partial charge on any atom is 0.387 e. The largest absolute Gasteiger partial charge is 0.435 e. The van der Waals surface area contributed by atoms with Crippen molar-refractivity contribution in [2.45, 2.75) is 25.6 Å². The quantitative estimate of drug-likeness (QED) is 0.825. The van der Waals surface area contributed by atoms with E-state index < -0.39 is 6.61 Å². The van der Waals surface area contributed by atoms with E-state index in [-0.39, 0.29) is 17.8 Å². The van der Waals surface area contributed by atoms with Gasteiger partial charge in [-0.15, -0.1) is 0 Å². The highest BCUT2D eigenvalue weighted by molar-refractivity contribution is 5.89. The number of hydrogen-bond acceptors (Lipinski definition) is 3. The molecule has 1 fully saturated rings. The Hall–Kier alpha value is -2.67. The minimum Gasteiger partial charge on any atom is -0.435 e. The van der Waals surface area contributed by atoms with E-state index in [4.69, 9.17) is 0 Å². The van der Waals surface area contributed by atoms with E-state index in [0.717, 1.165) is 26.1 Å². The lowest BCUT2D eigenvalue weighted by atomic mass is 10.2. The zero-order valence-corrected chi connectivity index (χ0v) is 14.2. The van der Waals surface area contributed by atoms with Gasteiger partial charge in [0.1, 0.15) is 5.75 Å². The van der Waals surface area contributed by atoms with Crippen LogP contribution in [0.5, 0.6) is 5.75 Å². The zero-order chi connectivity index (χ0) is 18.4. The van der Waals surface area contributed by atoms with Gasteiger partial charge in [-0.1, -0.05) is 36.4 Å². The monoisotopic (exact) mass is 361 g/mol. The molecule has 0 aromatic heterocycles. The van der Waals surface area contributed by atoms with Gasteiger partial charge in [0.2, 0.25) is 0 Å². The molecule has 0 radical (unpaired) electrons. The van der Waals surface area contributed by atoms with Gasteiger partial charge in [0.05, 0.1) is 0 Å². The lowest BCUT2D eigenvalue weighted by Crippen LogP contribution is -2.39. The first-order valence-electron chi connectivity index (χ1n) is 8.47. The van der Waals surface area contributed by atoms with Crippen LogP contribution in [0.25, 0.3) is 0 Å². The van der Waals surface area contributed by atoms with Crippen LogP contribution < -0.4 is 15.4 Å². The molecule has 0 saturated carbocycles. The fraction of sp³-hybridized carbons (Fsp3) is 0.316. The van der Waals surface area contributed by atoms with Crippen molar-refractivity contribution in [3.8, 4) is 5.75 Å². The summed E-state index contributed by atoms with van der Waals surface area (Å²) >= 11 is 0. The van der Waals surface area contributed by atoms with Crippen LogP contribution in [0.1, 0.15) is 12.0 Å². The van der Waals surface area contributed by atoms with Crippen molar-refractivity contribution in [1.82, 2.24) is 10.2 Å². The second-order valence-corrected chi connectivity index (χ2v) is 6.21. The number of ether oxygens (including phenoxy) is 1. The average Bonchev–Trinajstić information content (AvgIpc) is 3.02. The standard InChI is InChI=1S/C19H21F2N3O2/c20-18(21)26-17-8-4-7-15(11-17)22-19(25)23-16-9-10-24(13-16)12-14-5-2-1-3-6-14/h1-8,11,16,18H,9-10,12-13H2,(H2,22,23,25)/t16-/m1/s1. The number of anilines is 1. The molecule has 0 bridgehead atoms. The van der Waals surface area contributed by atoms with Crippen molar-refractivity contribution >= 4 is 11.7 Å². The normalized spacial score (nSPS) is 17.3. The van der Waals surface area contributed by atoms with Gasteiger partial charge in [0.25, 0.3) is 0 Å². The predicted molar refractivity (Wildman–Crippen MR) is 95.4 cm³/mol. The molecular weight excluding hydrogens is 340 g/mol. The van der Waals surface area contributed by atoms with Gasteiger partial charge in [-0.2, -0.15) is 8.78 Å². The SMILES string of the molecule is O=C(Nc1cccc(OC(F)F)c1)N[C@@H]1CCN(Cc2ccccc2)C1. The third-order valence-electron chi connectivity index (χ3n) is 4.17. The minimum absolute atomic E-state index is 0.00713. The third kappa shape index (κ3) is 5.42. The molecule has 2 aromatic carbocycles. The molecule has 26 heavy (non-hydrogen) atoms. The number of nitrogens with zero attached hydrogens (tertiary/aromatic N) is 1. The van der Waals surface area contributed by atoms with Crippen LogP contribution in [-0.4, -0.2) is 36.7 Å². The Morgan fingerprint density at radius 3 is 2.77 bits per heavy atom. The number of carbonyl (C=O) groups excluding carboxylic acids is 1. The minimum atomic E-state index is -2.90. The molecule has 7 heteroatoms. The molecule has 0 unspecified atom stereocenters. The number of carbonyl (C=O) groups is 1. The molecule has 1 heterocycles. The Kier molecular flexibility index (Phi) is 6.01. The highest BCUT2D eigenvalue weighted by Gasteiger charge is 2.23. The van der Waals surface area contributed by atoms with Crippen molar-refractivity contribution in [2.75, 3.05) is 18.4 Å². The fourth-order valence-electron chi connectivity index (χ4n) is 3.04. The van der Waals surface area contributed by atoms with E-state index in [0.29, 0.717) is 5.69 Å². The molecule has 1 aliphatic rings. The molecule has 5 nitrogen and oxygen atoms in total. The Morgan fingerprint density at radius 1 is 1.19 bits per heavy atom.